The lowest BCUT2D eigenvalue weighted by Crippen LogP contribution is -2.11. The first-order valence-corrected chi connectivity index (χ1v) is 7.51. The van der Waals surface area contributed by atoms with Crippen molar-refractivity contribution in [1.82, 2.24) is 4.37 Å². The summed E-state index contributed by atoms with van der Waals surface area (Å²) in [6, 6.07) is 14.0. The van der Waals surface area contributed by atoms with Gasteiger partial charge < -0.3 is 10.2 Å². The Hall–Kier alpha value is -2.78. The zero-order chi connectivity index (χ0) is 15.7. The molecule has 110 valence electrons. The number of nitrogens with zero attached hydrogens (tertiary/aromatic N) is 2. The van der Waals surface area contributed by atoms with E-state index in [0.29, 0.717) is 5.00 Å². The fourth-order valence-electron chi connectivity index (χ4n) is 2.37. The van der Waals surface area contributed by atoms with E-state index in [2.05, 4.69) is 15.8 Å². The maximum Gasteiger partial charge on any atom is 0.278 e. The number of fused-ring (bicyclic) bond motifs is 1. The molecule has 0 amide bonds. The molecule has 2 aromatic carbocycles. The van der Waals surface area contributed by atoms with Crippen molar-refractivity contribution in [2.75, 3.05) is 24.3 Å². The van der Waals surface area contributed by atoms with Crippen molar-refractivity contribution >= 4 is 38.7 Å². The van der Waals surface area contributed by atoms with Crippen molar-refractivity contribution in [3.8, 4) is 6.07 Å². The summed E-state index contributed by atoms with van der Waals surface area (Å²) >= 11 is 1.13. The van der Waals surface area contributed by atoms with Crippen molar-refractivity contribution in [1.29, 1.82) is 5.26 Å². The Bertz CT molecular complexity index is 933. The maximum atomic E-state index is 11.6. The molecule has 0 spiro atoms. The number of nitriles is 1. The Morgan fingerprint density at radius 1 is 1.23 bits per heavy atom. The van der Waals surface area contributed by atoms with Gasteiger partial charge in [0.1, 0.15) is 11.1 Å². The molecule has 0 aliphatic heterocycles. The number of hydrogen-bond acceptors (Lipinski definition) is 5. The Labute approximate surface area is 131 Å². The van der Waals surface area contributed by atoms with Crippen LogP contribution in [0, 0.1) is 11.3 Å². The lowest BCUT2D eigenvalue weighted by Gasteiger charge is -2.20. The smallest absolute Gasteiger partial charge is 0.278 e. The minimum Gasteiger partial charge on any atom is -0.376 e. The van der Waals surface area contributed by atoms with Gasteiger partial charge in [0, 0.05) is 19.5 Å². The van der Waals surface area contributed by atoms with Crippen LogP contribution in [-0.2, 0) is 0 Å². The van der Waals surface area contributed by atoms with E-state index < -0.39 is 0 Å². The predicted octanol–water partition coefficient (Wildman–Crippen LogP) is 3.27. The summed E-state index contributed by atoms with van der Waals surface area (Å²) in [7, 11) is 3.92. The molecule has 0 unspecified atom stereocenters. The van der Waals surface area contributed by atoms with Gasteiger partial charge >= 0.3 is 0 Å². The van der Waals surface area contributed by atoms with E-state index in [1.54, 1.807) is 0 Å². The van der Waals surface area contributed by atoms with Crippen molar-refractivity contribution in [3.05, 3.63) is 52.3 Å². The molecular formula is C16H14N4OS. The van der Waals surface area contributed by atoms with Crippen molar-refractivity contribution in [2.24, 2.45) is 0 Å². The van der Waals surface area contributed by atoms with Gasteiger partial charge in [0.05, 0.1) is 11.4 Å². The Balaban J connectivity index is 2.22. The van der Waals surface area contributed by atoms with Gasteiger partial charge in [0.25, 0.3) is 5.56 Å². The molecule has 1 aromatic heterocycles. The van der Waals surface area contributed by atoms with Crippen LogP contribution in [0.25, 0.3) is 10.8 Å². The van der Waals surface area contributed by atoms with Crippen LogP contribution in [0.2, 0.25) is 0 Å². The molecule has 3 rings (SSSR count). The first kappa shape index (κ1) is 14.2. The van der Waals surface area contributed by atoms with E-state index in [9.17, 15) is 4.79 Å². The minimum absolute atomic E-state index is 0.114. The van der Waals surface area contributed by atoms with Crippen LogP contribution in [0.4, 0.5) is 16.4 Å². The van der Waals surface area contributed by atoms with Crippen molar-refractivity contribution in [2.45, 2.75) is 0 Å². The van der Waals surface area contributed by atoms with Crippen LogP contribution >= 0.6 is 11.5 Å². The normalized spacial score (nSPS) is 10.4. The van der Waals surface area contributed by atoms with E-state index >= 15 is 0 Å². The van der Waals surface area contributed by atoms with Crippen LogP contribution in [0.15, 0.2) is 41.2 Å². The monoisotopic (exact) mass is 310 g/mol. The van der Waals surface area contributed by atoms with Gasteiger partial charge in [-0.25, -0.2) is 0 Å². The molecule has 0 aliphatic carbocycles. The SMILES string of the molecule is CN(C)c1ccc2ccccc2c1Nc1s[nH]c(=O)c1C#N. The average molecular weight is 310 g/mol. The van der Waals surface area contributed by atoms with E-state index in [1.807, 2.05) is 55.4 Å². The Morgan fingerprint density at radius 3 is 2.73 bits per heavy atom. The summed E-state index contributed by atoms with van der Waals surface area (Å²) in [4.78, 5) is 13.6. The molecule has 6 heteroatoms. The lowest BCUT2D eigenvalue weighted by molar-refractivity contribution is 1.14. The molecule has 0 fully saturated rings. The molecule has 0 aliphatic rings. The highest BCUT2D eigenvalue weighted by Gasteiger charge is 2.15. The number of aromatic nitrogens is 1. The van der Waals surface area contributed by atoms with Gasteiger partial charge in [-0.1, -0.05) is 30.3 Å². The van der Waals surface area contributed by atoms with Gasteiger partial charge in [-0.05, 0) is 23.0 Å². The zero-order valence-electron chi connectivity index (χ0n) is 12.2. The fourth-order valence-corrected chi connectivity index (χ4v) is 3.06. The summed E-state index contributed by atoms with van der Waals surface area (Å²) in [5, 5.41) is 15.1. The summed E-state index contributed by atoms with van der Waals surface area (Å²) in [6.07, 6.45) is 0. The predicted molar refractivity (Wildman–Crippen MR) is 91.2 cm³/mol. The largest absolute Gasteiger partial charge is 0.376 e. The summed E-state index contributed by atoms with van der Waals surface area (Å²) in [5.41, 5.74) is 1.63. The summed E-state index contributed by atoms with van der Waals surface area (Å²) < 4.78 is 2.59. The van der Waals surface area contributed by atoms with Crippen molar-refractivity contribution in [3.63, 3.8) is 0 Å². The van der Waals surface area contributed by atoms with Gasteiger partial charge in [-0.3, -0.25) is 9.17 Å². The molecule has 0 saturated carbocycles. The molecule has 22 heavy (non-hydrogen) atoms. The van der Waals surface area contributed by atoms with Crippen LogP contribution in [0.3, 0.4) is 0 Å². The maximum absolute atomic E-state index is 11.6. The number of H-pyrrole nitrogens is 1. The highest BCUT2D eigenvalue weighted by Crippen LogP contribution is 2.36. The second-order valence-corrected chi connectivity index (χ2v) is 5.87. The molecule has 0 atom stereocenters. The third kappa shape index (κ3) is 2.32. The molecular weight excluding hydrogens is 296 g/mol. The van der Waals surface area contributed by atoms with E-state index in [1.165, 1.54) is 0 Å². The zero-order valence-corrected chi connectivity index (χ0v) is 13.0. The van der Waals surface area contributed by atoms with Crippen LogP contribution < -0.4 is 15.8 Å². The molecule has 2 N–H and O–H groups in total. The molecule has 1 heterocycles. The number of hydrogen-bond donors (Lipinski definition) is 2. The molecule has 5 nitrogen and oxygen atoms in total. The quantitative estimate of drug-likeness (QED) is 0.779. The molecule has 3 aromatic rings. The van der Waals surface area contributed by atoms with Gasteiger partial charge in [-0.15, -0.1) is 0 Å². The average Bonchev–Trinajstić information content (AvgIpc) is 2.87. The van der Waals surface area contributed by atoms with E-state index in [0.717, 1.165) is 33.7 Å². The minimum atomic E-state index is -0.360. The summed E-state index contributed by atoms with van der Waals surface area (Å²) in [5.74, 6) is 0. The fraction of sp³-hybridized carbons (Fsp3) is 0.125. The third-order valence-corrected chi connectivity index (χ3v) is 4.24. The standard InChI is InChI=1S/C16H14N4OS/c1-20(2)13-8-7-10-5-3-4-6-11(10)14(13)18-16-12(9-17)15(21)19-22-16/h3-8,18H,1-2H3,(H,19,21). The van der Waals surface area contributed by atoms with Gasteiger partial charge in [0.2, 0.25) is 0 Å². The highest BCUT2D eigenvalue weighted by atomic mass is 32.1. The second-order valence-electron chi connectivity index (χ2n) is 5.05. The third-order valence-electron chi connectivity index (χ3n) is 3.44. The molecule has 0 bridgehead atoms. The number of rotatable bonds is 3. The summed E-state index contributed by atoms with van der Waals surface area (Å²) in [6.45, 7) is 0. The first-order chi connectivity index (χ1) is 10.6. The van der Waals surface area contributed by atoms with Gasteiger partial charge in [-0.2, -0.15) is 5.26 Å². The lowest BCUT2D eigenvalue weighted by atomic mass is 10.1. The number of aromatic amines is 1. The van der Waals surface area contributed by atoms with Crippen LogP contribution in [0.5, 0.6) is 0 Å². The number of nitrogens with one attached hydrogen (secondary N) is 2. The van der Waals surface area contributed by atoms with E-state index in [-0.39, 0.29) is 11.1 Å². The molecule has 0 saturated heterocycles. The highest BCUT2D eigenvalue weighted by molar-refractivity contribution is 7.10. The first-order valence-electron chi connectivity index (χ1n) is 6.69. The Kier molecular flexibility index (Phi) is 3.57. The second kappa shape index (κ2) is 5.54. The van der Waals surface area contributed by atoms with Crippen LogP contribution in [-0.4, -0.2) is 18.5 Å². The van der Waals surface area contributed by atoms with Crippen molar-refractivity contribution < 1.29 is 0 Å². The van der Waals surface area contributed by atoms with E-state index in [4.69, 9.17) is 5.26 Å². The Morgan fingerprint density at radius 2 is 2.00 bits per heavy atom. The van der Waals surface area contributed by atoms with Gasteiger partial charge in [0.15, 0.2) is 5.56 Å². The molecule has 0 radical (unpaired) electrons. The van der Waals surface area contributed by atoms with Crippen LogP contribution in [0.1, 0.15) is 5.56 Å². The number of anilines is 3. The topological polar surface area (TPSA) is 71.9 Å². The number of benzene rings is 2.